The molecule has 0 bridgehead atoms. The van der Waals surface area contributed by atoms with Crippen LogP contribution in [0.25, 0.3) is 0 Å². The van der Waals surface area contributed by atoms with Gasteiger partial charge in [-0.25, -0.2) is 0 Å². The van der Waals surface area contributed by atoms with Crippen LogP contribution in [-0.4, -0.2) is 11.5 Å². The number of pyridine rings is 1. The molecule has 0 radical (unpaired) electrons. The van der Waals surface area contributed by atoms with Crippen molar-refractivity contribution in [1.29, 1.82) is 0 Å². The first-order valence-electron chi connectivity index (χ1n) is 6.26. The van der Waals surface area contributed by atoms with Gasteiger partial charge in [0.25, 0.3) is 0 Å². The lowest BCUT2D eigenvalue weighted by molar-refractivity contribution is 0.675. The Hall–Kier alpha value is -1.32. The van der Waals surface area contributed by atoms with Crippen molar-refractivity contribution >= 4 is 11.8 Å². The first-order chi connectivity index (χ1) is 8.88. The van der Waals surface area contributed by atoms with E-state index in [1.807, 2.05) is 24.5 Å². The largest absolute Gasteiger partial charge is 0.313 e. The van der Waals surface area contributed by atoms with Crippen molar-refractivity contribution in [2.24, 2.45) is 0 Å². The van der Waals surface area contributed by atoms with Gasteiger partial charge in [-0.05, 0) is 42.8 Å². The Bertz CT molecular complexity index is 454. The zero-order chi connectivity index (χ0) is 12.6. The van der Waals surface area contributed by atoms with Crippen LogP contribution in [-0.2, 0) is 6.54 Å². The van der Waals surface area contributed by atoms with E-state index in [0.29, 0.717) is 0 Å². The van der Waals surface area contributed by atoms with Crippen molar-refractivity contribution in [3.8, 4) is 0 Å². The maximum absolute atomic E-state index is 4.02. The van der Waals surface area contributed by atoms with Gasteiger partial charge in [0.2, 0.25) is 0 Å². The van der Waals surface area contributed by atoms with E-state index in [1.165, 1.54) is 21.8 Å². The molecule has 0 fully saturated rings. The van der Waals surface area contributed by atoms with Gasteiger partial charge in [-0.3, -0.25) is 4.98 Å². The van der Waals surface area contributed by atoms with Crippen LogP contribution in [0.15, 0.2) is 58.6 Å². The van der Waals surface area contributed by atoms with Gasteiger partial charge >= 0.3 is 0 Å². The SMILES string of the molecule is CCCNCc1ccc(Sc2ccncc2)cc1. The van der Waals surface area contributed by atoms with E-state index in [2.05, 4.69) is 41.5 Å². The average Bonchev–Trinajstić information content (AvgIpc) is 2.42. The van der Waals surface area contributed by atoms with Crippen LogP contribution in [0.3, 0.4) is 0 Å². The number of rotatable bonds is 6. The second-order valence-electron chi connectivity index (χ2n) is 4.11. The molecule has 0 atom stereocenters. The van der Waals surface area contributed by atoms with E-state index >= 15 is 0 Å². The fourth-order valence-electron chi connectivity index (χ4n) is 1.63. The summed E-state index contributed by atoms with van der Waals surface area (Å²) in [5.41, 5.74) is 1.34. The molecule has 0 saturated heterocycles. The second-order valence-corrected chi connectivity index (χ2v) is 5.25. The van der Waals surface area contributed by atoms with Gasteiger partial charge in [-0.1, -0.05) is 30.8 Å². The highest BCUT2D eigenvalue weighted by Crippen LogP contribution is 2.26. The van der Waals surface area contributed by atoms with Gasteiger partial charge in [-0.2, -0.15) is 0 Å². The molecule has 0 unspecified atom stereocenters. The molecular weight excluding hydrogens is 240 g/mol. The second kappa shape index (κ2) is 7.19. The van der Waals surface area contributed by atoms with E-state index in [4.69, 9.17) is 0 Å². The number of nitrogens with one attached hydrogen (secondary N) is 1. The summed E-state index contributed by atoms with van der Waals surface area (Å²) in [5, 5.41) is 3.41. The van der Waals surface area contributed by atoms with Crippen LogP contribution in [0, 0.1) is 0 Å². The van der Waals surface area contributed by atoms with Gasteiger partial charge in [0.1, 0.15) is 0 Å². The van der Waals surface area contributed by atoms with E-state index in [1.54, 1.807) is 11.8 Å². The highest BCUT2D eigenvalue weighted by Gasteiger charge is 1.97. The Morgan fingerprint density at radius 2 is 1.67 bits per heavy atom. The third-order valence-corrected chi connectivity index (χ3v) is 3.58. The predicted molar refractivity (Wildman–Crippen MR) is 76.8 cm³/mol. The summed E-state index contributed by atoms with van der Waals surface area (Å²) < 4.78 is 0. The topological polar surface area (TPSA) is 24.9 Å². The molecule has 0 aliphatic rings. The fraction of sp³-hybridized carbons (Fsp3) is 0.267. The third-order valence-electron chi connectivity index (χ3n) is 2.56. The quantitative estimate of drug-likeness (QED) is 0.799. The number of hydrogen-bond acceptors (Lipinski definition) is 3. The molecule has 2 nitrogen and oxygen atoms in total. The number of hydrogen-bond donors (Lipinski definition) is 1. The monoisotopic (exact) mass is 258 g/mol. The molecule has 1 aromatic heterocycles. The molecule has 2 rings (SSSR count). The molecule has 1 aromatic carbocycles. The fourth-order valence-corrected chi connectivity index (χ4v) is 2.43. The molecule has 0 aliphatic carbocycles. The summed E-state index contributed by atoms with van der Waals surface area (Å²) in [6.07, 6.45) is 4.83. The van der Waals surface area contributed by atoms with E-state index in [9.17, 15) is 0 Å². The highest BCUT2D eigenvalue weighted by molar-refractivity contribution is 7.99. The Morgan fingerprint density at radius 3 is 2.33 bits per heavy atom. The number of benzene rings is 1. The Kier molecular flexibility index (Phi) is 5.24. The molecule has 0 amide bonds. The van der Waals surface area contributed by atoms with Crippen LogP contribution in [0.2, 0.25) is 0 Å². The van der Waals surface area contributed by atoms with E-state index in [0.717, 1.165) is 13.1 Å². The molecule has 0 aliphatic heterocycles. The van der Waals surface area contributed by atoms with Crippen molar-refractivity contribution < 1.29 is 0 Å². The minimum Gasteiger partial charge on any atom is -0.313 e. The van der Waals surface area contributed by atoms with Gasteiger partial charge in [0.05, 0.1) is 0 Å². The zero-order valence-electron chi connectivity index (χ0n) is 10.6. The van der Waals surface area contributed by atoms with Crippen LogP contribution < -0.4 is 5.32 Å². The smallest absolute Gasteiger partial charge is 0.0279 e. The summed E-state index contributed by atoms with van der Waals surface area (Å²) in [5.74, 6) is 0. The normalized spacial score (nSPS) is 10.5. The van der Waals surface area contributed by atoms with Crippen LogP contribution in [0.1, 0.15) is 18.9 Å². The first kappa shape index (κ1) is 13.1. The average molecular weight is 258 g/mol. The molecule has 0 spiro atoms. The molecular formula is C15H18N2S. The Balaban J connectivity index is 1.91. The Morgan fingerprint density at radius 1 is 1.00 bits per heavy atom. The maximum atomic E-state index is 4.02. The minimum absolute atomic E-state index is 0.952. The predicted octanol–water partition coefficient (Wildman–Crippen LogP) is 3.73. The van der Waals surface area contributed by atoms with Crippen molar-refractivity contribution in [2.45, 2.75) is 29.7 Å². The van der Waals surface area contributed by atoms with Crippen LogP contribution in [0.5, 0.6) is 0 Å². The highest BCUT2D eigenvalue weighted by atomic mass is 32.2. The van der Waals surface area contributed by atoms with Crippen LogP contribution in [0.4, 0.5) is 0 Å². The maximum Gasteiger partial charge on any atom is 0.0279 e. The van der Waals surface area contributed by atoms with Crippen LogP contribution >= 0.6 is 11.8 Å². The standard InChI is InChI=1S/C15H18N2S/c1-2-9-17-12-13-3-5-14(6-4-13)18-15-7-10-16-11-8-15/h3-8,10-11,17H,2,9,12H2,1H3. The Labute approximate surface area is 113 Å². The molecule has 1 N–H and O–H groups in total. The molecule has 18 heavy (non-hydrogen) atoms. The first-order valence-corrected chi connectivity index (χ1v) is 7.07. The van der Waals surface area contributed by atoms with Crippen molar-refractivity contribution in [2.75, 3.05) is 6.54 Å². The summed E-state index contributed by atoms with van der Waals surface area (Å²) in [6.45, 7) is 4.21. The molecule has 0 saturated carbocycles. The molecule has 2 aromatic rings. The van der Waals surface area contributed by atoms with Crippen molar-refractivity contribution in [3.63, 3.8) is 0 Å². The molecule has 1 heterocycles. The third kappa shape index (κ3) is 4.17. The summed E-state index contributed by atoms with van der Waals surface area (Å²) in [6, 6.07) is 12.8. The molecule has 3 heteroatoms. The van der Waals surface area contributed by atoms with Gasteiger partial charge in [0, 0.05) is 28.7 Å². The van der Waals surface area contributed by atoms with Crippen molar-refractivity contribution in [1.82, 2.24) is 10.3 Å². The van der Waals surface area contributed by atoms with Gasteiger partial charge in [-0.15, -0.1) is 0 Å². The van der Waals surface area contributed by atoms with Gasteiger partial charge < -0.3 is 5.32 Å². The lowest BCUT2D eigenvalue weighted by Crippen LogP contribution is -2.13. The lowest BCUT2D eigenvalue weighted by Gasteiger charge is -2.05. The van der Waals surface area contributed by atoms with Gasteiger partial charge in [0.15, 0.2) is 0 Å². The van der Waals surface area contributed by atoms with E-state index < -0.39 is 0 Å². The lowest BCUT2D eigenvalue weighted by atomic mass is 10.2. The van der Waals surface area contributed by atoms with Crippen molar-refractivity contribution in [3.05, 3.63) is 54.4 Å². The minimum atomic E-state index is 0.952. The summed E-state index contributed by atoms with van der Waals surface area (Å²) in [4.78, 5) is 6.51. The summed E-state index contributed by atoms with van der Waals surface area (Å²) >= 11 is 1.76. The molecule has 94 valence electrons. The zero-order valence-corrected chi connectivity index (χ0v) is 11.4. The summed E-state index contributed by atoms with van der Waals surface area (Å²) in [7, 11) is 0. The van der Waals surface area contributed by atoms with E-state index in [-0.39, 0.29) is 0 Å². The number of aromatic nitrogens is 1. The number of nitrogens with zero attached hydrogens (tertiary/aromatic N) is 1.